The fourth-order valence-corrected chi connectivity index (χ4v) is 6.49. The number of carbonyl (C=O) groups is 1. The molecule has 2 aromatic heterocycles. The van der Waals surface area contributed by atoms with Crippen molar-refractivity contribution in [3.8, 4) is 11.5 Å². The topological polar surface area (TPSA) is 105 Å². The Labute approximate surface area is 241 Å². The van der Waals surface area contributed by atoms with Crippen molar-refractivity contribution >= 4 is 27.8 Å². The molecule has 41 heavy (non-hydrogen) atoms. The molecule has 6 rings (SSSR count). The number of thiazole rings is 1. The van der Waals surface area contributed by atoms with E-state index in [1.165, 1.54) is 11.3 Å². The lowest BCUT2D eigenvalue weighted by molar-refractivity contribution is -0.0562. The second kappa shape index (κ2) is 11.1. The molecule has 214 valence electrons. The summed E-state index contributed by atoms with van der Waals surface area (Å²) in [7, 11) is 3.19. The van der Waals surface area contributed by atoms with E-state index in [4.69, 9.17) is 28.9 Å². The van der Waals surface area contributed by atoms with Crippen LogP contribution in [0.2, 0.25) is 0 Å². The second-order valence-corrected chi connectivity index (χ2v) is 11.7. The molecule has 4 aromatic rings. The van der Waals surface area contributed by atoms with Crippen molar-refractivity contribution in [3.05, 3.63) is 80.8 Å². The zero-order chi connectivity index (χ0) is 28.6. The molecule has 0 bridgehead atoms. The van der Waals surface area contributed by atoms with Crippen LogP contribution in [0, 0.1) is 0 Å². The summed E-state index contributed by atoms with van der Waals surface area (Å²) >= 11 is 1.37. The Kier molecular flexibility index (Phi) is 7.39. The lowest BCUT2D eigenvalue weighted by Gasteiger charge is -2.38. The molecular weight excluding hydrogens is 544 g/mol. The van der Waals surface area contributed by atoms with Crippen LogP contribution in [0.3, 0.4) is 0 Å². The van der Waals surface area contributed by atoms with Crippen molar-refractivity contribution in [3.63, 3.8) is 0 Å². The number of carbonyl (C=O) groups excluding carboxylic acids is 1. The quantitative estimate of drug-likeness (QED) is 0.298. The van der Waals surface area contributed by atoms with Crippen molar-refractivity contribution < 1.29 is 23.7 Å². The van der Waals surface area contributed by atoms with Crippen LogP contribution in [0.5, 0.6) is 11.5 Å². The summed E-state index contributed by atoms with van der Waals surface area (Å²) in [5, 5.41) is 0.694. The number of fused-ring (bicyclic) bond motifs is 1. The van der Waals surface area contributed by atoms with Gasteiger partial charge in [0.1, 0.15) is 28.9 Å². The van der Waals surface area contributed by atoms with E-state index in [-0.39, 0.29) is 30.8 Å². The fourth-order valence-electron chi connectivity index (χ4n) is 5.41. The summed E-state index contributed by atoms with van der Waals surface area (Å²) in [6, 6.07) is 14.9. The molecule has 0 radical (unpaired) electrons. The van der Waals surface area contributed by atoms with Gasteiger partial charge in [0.2, 0.25) is 0 Å². The molecule has 2 fully saturated rings. The first-order chi connectivity index (χ1) is 19.9. The molecule has 11 heteroatoms. The largest absolute Gasteiger partial charge is 0.497 e. The van der Waals surface area contributed by atoms with Gasteiger partial charge in [0.25, 0.3) is 5.56 Å². The van der Waals surface area contributed by atoms with Crippen LogP contribution in [0.1, 0.15) is 47.8 Å². The van der Waals surface area contributed by atoms with Crippen molar-refractivity contribution in [2.24, 2.45) is 0 Å². The Morgan fingerprint density at radius 3 is 2.63 bits per heavy atom. The molecule has 1 amide bonds. The molecule has 10 nitrogen and oxygen atoms in total. The monoisotopic (exact) mass is 576 g/mol. The second-order valence-electron chi connectivity index (χ2n) is 10.7. The highest BCUT2D eigenvalue weighted by molar-refractivity contribution is 7.18. The number of hydrogen-bond acceptors (Lipinski definition) is 9. The molecule has 2 aliphatic rings. The van der Waals surface area contributed by atoms with Gasteiger partial charge in [0.05, 0.1) is 45.4 Å². The van der Waals surface area contributed by atoms with Gasteiger partial charge in [0, 0.05) is 18.2 Å². The van der Waals surface area contributed by atoms with Crippen molar-refractivity contribution in [1.82, 2.24) is 19.4 Å². The van der Waals surface area contributed by atoms with E-state index in [1.807, 2.05) is 42.5 Å². The lowest BCUT2D eigenvalue weighted by atomic mass is 9.87. The van der Waals surface area contributed by atoms with E-state index < -0.39 is 5.41 Å². The number of likely N-dealkylation sites (tertiary alicyclic amines) is 1. The Hall–Kier alpha value is -3.96. The van der Waals surface area contributed by atoms with Crippen LogP contribution in [0.25, 0.3) is 10.3 Å². The molecule has 1 unspecified atom stereocenters. The predicted molar refractivity (Wildman–Crippen MR) is 154 cm³/mol. The van der Waals surface area contributed by atoms with Gasteiger partial charge in [-0.15, -0.1) is 0 Å². The van der Waals surface area contributed by atoms with E-state index in [9.17, 15) is 9.59 Å². The predicted octanol–water partition coefficient (Wildman–Crippen LogP) is 4.68. The summed E-state index contributed by atoms with van der Waals surface area (Å²) in [5.74, 6) is 1.94. The Bertz CT molecular complexity index is 1630. The van der Waals surface area contributed by atoms with Gasteiger partial charge in [-0.25, -0.2) is 14.8 Å². The first-order valence-corrected chi connectivity index (χ1v) is 14.4. The SMILES string of the molecule is COc1ccc(Cn2c(C3(C)COC3)nc3sc(C4CCCN4C(=O)OCc4ccccc4)nc3c2=O)c(OC)c1. The molecule has 0 aliphatic carbocycles. The van der Waals surface area contributed by atoms with Gasteiger partial charge in [0.15, 0.2) is 10.3 Å². The standard InChI is InChI=1S/C30H32N4O6S/c1-30(17-39-18-30)28-32-26-24(27(35)34(28)15-20-11-12-21(37-2)14-23(20)38-3)31-25(41-26)22-10-7-13-33(22)29(36)40-16-19-8-5-4-6-9-19/h4-6,8-9,11-12,14,22H,7,10,13,15-18H2,1-3H3. The molecule has 0 spiro atoms. The number of methoxy groups -OCH3 is 2. The Balaban J connectivity index is 1.34. The smallest absolute Gasteiger partial charge is 0.410 e. The van der Waals surface area contributed by atoms with Crippen LogP contribution in [-0.2, 0) is 28.0 Å². The maximum Gasteiger partial charge on any atom is 0.410 e. The lowest BCUT2D eigenvalue weighted by Crippen LogP contribution is -2.48. The highest BCUT2D eigenvalue weighted by Crippen LogP contribution is 2.38. The summed E-state index contributed by atoms with van der Waals surface area (Å²) in [6.07, 6.45) is 1.19. The maximum atomic E-state index is 14.0. The average Bonchev–Trinajstić information content (AvgIpc) is 3.64. The molecule has 2 aliphatic heterocycles. The van der Waals surface area contributed by atoms with E-state index in [0.717, 1.165) is 24.0 Å². The molecule has 0 N–H and O–H groups in total. The summed E-state index contributed by atoms with van der Waals surface area (Å²) in [5.41, 5.74) is 1.41. The van der Waals surface area contributed by atoms with Crippen LogP contribution in [0.4, 0.5) is 4.79 Å². The average molecular weight is 577 g/mol. The van der Waals surface area contributed by atoms with Gasteiger partial charge < -0.3 is 18.9 Å². The zero-order valence-corrected chi connectivity index (χ0v) is 24.1. The summed E-state index contributed by atoms with van der Waals surface area (Å²) in [4.78, 5) is 39.1. The van der Waals surface area contributed by atoms with E-state index in [0.29, 0.717) is 52.4 Å². The van der Waals surface area contributed by atoms with Gasteiger partial charge >= 0.3 is 6.09 Å². The third kappa shape index (κ3) is 5.15. The maximum absolute atomic E-state index is 14.0. The van der Waals surface area contributed by atoms with E-state index >= 15 is 0 Å². The molecule has 1 atom stereocenters. The van der Waals surface area contributed by atoms with Crippen LogP contribution in [-0.4, -0.2) is 59.5 Å². The van der Waals surface area contributed by atoms with E-state index in [1.54, 1.807) is 29.8 Å². The molecule has 4 heterocycles. The normalized spacial score (nSPS) is 17.8. The number of rotatable bonds is 8. The number of amides is 1. The third-order valence-electron chi connectivity index (χ3n) is 7.72. The molecule has 2 aromatic carbocycles. The van der Waals surface area contributed by atoms with Gasteiger partial charge in [-0.1, -0.05) is 41.7 Å². The summed E-state index contributed by atoms with van der Waals surface area (Å²) in [6.45, 7) is 4.03. The summed E-state index contributed by atoms with van der Waals surface area (Å²) < 4.78 is 23.8. The highest BCUT2D eigenvalue weighted by atomic mass is 32.1. The minimum atomic E-state index is -0.405. The van der Waals surface area contributed by atoms with Crippen molar-refractivity contribution in [1.29, 1.82) is 0 Å². The highest BCUT2D eigenvalue weighted by Gasteiger charge is 2.41. The number of hydrogen-bond donors (Lipinski definition) is 0. The third-order valence-corrected chi connectivity index (χ3v) is 8.77. The fraction of sp³-hybridized carbons (Fsp3) is 0.400. The van der Waals surface area contributed by atoms with Gasteiger partial charge in [-0.3, -0.25) is 14.3 Å². The van der Waals surface area contributed by atoms with Crippen LogP contribution >= 0.6 is 11.3 Å². The van der Waals surface area contributed by atoms with Crippen LogP contribution in [0.15, 0.2) is 53.3 Å². The first kappa shape index (κ1) is 27.2. The number of benzene rings is 2. The molecule has 0 saturated carbocycles. The molecule has 2 saturated heterocycles. The van der Waals surface area contributed by atoms with Gasteiger partial charge in [-0.05, 0) is 37.5 Å². The Morgan fingerprint density at radius 1 is 1.12 bits per heavy atom. The van der Waals surface area contributed by atoms with Crippen molar-refractivity contribution in [2.45, 2.75) is 44.4 Å². The van der Waals surface area contributed by atoms with Gasteiger partial charge in [-0.2, -0.15) is 0 Å². The van der Waals surface area contributed by atoms with Crippen molar-refractivity contribution in [2.75, 3.05) is 34.0 Å². The van der Waals surface area contributed by atoms with Crippen LogP contribution < -0.4 is 15.0 Å². The number of nitrogens with zero attached hydrogens (tertiary/aromatic N) is 4. The Morgan fingerprint density at radius 2 is 1.93 bits per heavy atom. The number of aromatic nitrogens is 3. The minimum Gasteiger partial charge on any atom is -0.497 e. The van der Waals surface area contributed by atoms with E-state index in [2.05, 4.69) is 6.92 Å². The number of ether oxygens (including phenoxy) is 4. The molecular formula is C30H32N4O6S. The first-order valence-electron chi connectivity index (χ1n) is 13.6. The minimum absolute atomic E-state index is 0.202. The zero-order valence-electron chi connectivity index (χ0n) is 23.3.